The molecule has 1 fully saturated rings. The summed E-state index contributed by atoms with van der Waals surface area (Å²) in [5.41, 5.74) is 1.58. The van der Waals surface area contributed by atoms with Gasteiger partial charge in [0.1, 0.15) is 11.7 Å². The molecule has 3 rings (SSSR count). The number of fused-ring (bicyclic) bond motifs is 1. The number of carbonyl (C=O) groups is 3. The number of carboxylic acids is 1. The summed E-state index contributed by atoms with van der Waals surface area (Å²) in [4.78, 5) is 33.0. The van der Waals surface area contributed by atoms with Crippen LogP contribution in [-0.4, -0.2) is 59.4 Å². The second-order valence-corrected chi connectivity index (χ2v) is 7.31. The molecule has 0 aliphatic carbocycles. The predicted molar refractivity (Wildman–Crippen MR) is 104 cm³/mol. The number of benzene rings is 1. The van der Waals surface area contributed by atoms with Crippen LogP contribution in [0.15, 0.2) is 28.7 Å². The van der Waals surface area contributed by atoms with Crippen molar-refractivity contribution in [1.82, 2.24) is 15.2 Å². The number of aromatic nitrogens is 1. The maximum atomic E-state index is 12.6. The summed E-state index contributed by atoms with van der Waals surface area (Å²) in [5.74, 6) is -3.20. The number of nitrogens with one attached hydrogen (secondary N) is 2. The summed E-state index contributed by atoms with van der Waals surface area (Å²) in [7, 11) is 3.23. The Morgan fingerprint density at radius 1 is 1.33 bits per heavy atom. The van der Waals surface area contributed by atoms with Crippen LogP contribution in [0.1, 0.15) is 16.9 Å². The molecule has 0 bridgehead atoms. The van der Waals surface area contributed by atoms with Crippen molar-refractivity contribution in [1.29, 1.82) is 0 Å². The Kier molecular flexibility index (Phi) is 7.48. The van der Waals surface area contributed by atoms with E-state index in [1.165, 1.54) is 7.11 Å². The highest BCUT2D eigenvalue weighted by molar-refractivity contribution is 9.10. The maximum Gasteiger partial charge on any atom is 0.490 e. The number of esters is 1. The second kappa shape index (κ2) is 9.47. The van der Waals surface area contributed by atoms with E-state index in [0.29, 0.717) is 18.7 Å². The molecule has 0 saturated carbocycles. The summed E-state index contributed by atoms with van der Waals surface area (Å²) in [5, 5.41) is 14.2. The van der Waals surface area contributed by atoms with Crippen LogP contribution in [0.5, 0.6) is 0 Å². The number of hydrogen-bond acceptors (Lipinski definition) is 5. The van der Waals surface area contributed by atoms with E-state index in [9.17, 15) is 22.8 Å². The lowest BCUT2D eigenvalue weighted by Crippen LogP contribution is -2.37. The molecule has 2 atom stereocenters. The summed E-state index contributed by atoms with van der Waals surface area (Å²) < 4.78 is 39.3. The van der Waals surface area contributed by atoms with E-state index >= 15 is 0 Å². The Bertz CT molecular complexity index is 960. The molecule has 2 aromatic rings. The average molecular weight is 494 g/mol. The summed E-state index contributed by atoms with van der Waals surface area (Å²) in [6, 6.07) is 7.29. The summed E-state index contributed by atoms with van der Waals surface area (Å²) in [6.45, 7) is 0.555. The van der Waals surface area contributed by atoms with Gasteiger partial charge < -0.3 is 25.0 Å². The minimum absolute atomic E-state index is 0.0898. The van der Waals surface area contributed by atoms with Crippen LogP contribution < -0.4 is 10.6 Å². The van der Waals surface area contributed by atoms with Gasteiger partial charge in [-0.1, -0.05) is 22.0 Å². The van der Waals surface area contributed by atoms with Gasteiger partial charge in [-0.05, 0) is 24.6 Å². The molecule has 30 heavy (non-hydrogen) atoms. The highest BCUT2D eigenvalue weighted by Gasteiger charge is 2.38. The van der Waals surface area contributed by atoms with Gasteiger partial charge in [0.2, 0.25) is 0 Å². The maximum absolute atomic E-state index is 12.6. The third-order valence-corrected chi connectivity index (χ3v) is 5.15. The first-order valence-corrected chi connectivity index (χ1v) is 9.41. The van der Waals surface area contributed by atoms with Gasteiger partial charge >= 0.3 is 18.1 Å². The molecule has 2 heterocycles. The largest absolute Gasteiger partial charge is 0.490 e. The van der Waals surface area contributed by atoms with E-state index in [4.69, 9.17) is 14.6 Å². The first-order valence-electron chi connectivity index (χ1n) is 8.61. The van der Waals surface area contributed by atoms with Crippen LogP contribution in [0.3, 0.4) is 0 Å². The van der Waals surface area contributed by atoms with Gasteiger partial charge in [0.25, 0.3) is 5.91 Å². The van der Waals surface area contributed by atoms with Crippen molar-refractivity contribution in [3.05, 3.63) is 34.4 Å². The fourth-order valence-corrected chi connectivity index (χ4v) is 3.44. The van der Waals surface area contributed by atoms with Crippen molar-refractivity contribution in [3.8, 4) is 0 Å². The molecular weight excluding hydrogens is 475 g/mol. The Hall–Kier alpha value is -2.60. The molecule has 8 nitrogen and oxygen atoms in total. The summed E-state index contributed by atoms with van der Waals surface area (Å²) in [6.07, 6.45) is -4.55. The lowest BCUT2D eigenvalue weighted by atomic mass is 10.1. The average Bonchev–Trinajstić information content (AvgIpc) is 3.27. The number of methoxy groups -OCH3 is 1. The number of rotatable bonds is 3. The van der Waals surface area contributed by atoms with E-state index in [1.807, 2.05) is 35.9 Å². The lowest BCUT2D eigenvalue weighted by Gasteiger charge is -2.12. The molecule has 1 aliphatic rings. The number of aliphatic carboxylic acids is 1. The minimum Gasteiger partial charge on any atom is -0.475 e. The standard InChI is InChI=1S/C16H18BrN3O3.C2HF3O2/c1-20-13-5-3-4-11(17)10(13)7-14(20)15(21)19-9-6-12(18-8-9)16(22)23-2;3-2(4,5)1(6)7/h3-5,7,9,12,18H,6,8H2,1-2H3,(H,19,21);(H,6,7)/t9-,12+;/m1./s1. The Labute approximate surface area is 177 Å². The van der Waals surface area contributed by atoms with Crippen LogP contribution in [0.2, 0.25) is 0 Å². The Morgan fingerprint density at radius 3 is 2.50 bits per heavy atom. The molecule has 1 aliphatic heterocycles. The van der Waals surface area contributed by atoms with Crippen molar-refractivity contribution in [3.63, 3.8) is 0 Å². The van der Waals surface area contributed by atoms with Crippen molar-refractivity contribution >= 4 is 44.7 Å². The number of halogens is 4. The van der Waals surface area contributed by atoms with Crippen LogP contribution in [0, 0.1) is 0 Å². The van der Waals surface area contributed by atoms with Crippen LogP contribution in [-0.2, 0) is 21.4 Å². The topological polar surface area (TPSA) is 110 Å². The van der Waals surface area contributed by atoms with Gasteiger partial charge in [-0.2, -0.15) is 13.2 Å². The Balaban J connectivity index is 0.000000396. The molecule has 1 amide bonds. The molecule has 0 unspecified atom stereocenters. The fraction of sp³-hybridized carbons (Fsp3) is 0.389. The second-order valence-electron chi connectivity index (χ2n) is 6.45. The van der Waals surface area contributed by atoms with Gasteiger partial charge in [-0.15, -0.1) is 0 Å². The smallest absolute Gasteiger partial charge is 0.475 e. The fourth-order valence-electron chi connectivity index (χ4n) is 2.97. The number of alkyl halides is 3. The molecule has 0 spiro atoms. The molecule has 12 heteroatoms. The molecule has 0 radical (unpaired) electrons. The molecule has 164 valence electrons. The SMILES string of the molecule is COC(=O)[C@@H]1C[C@@H](NC(=O)c2cc3c(Br)cccc3n2C)CN1.O=C(O)C(F)(F)F. The normalized spacial score (nSPS) is 18.5. The predicted octanol–water partition coefficient (Wildman–Crippen LogP) is 2.21. The van der Waals surface area contributed by atoms with Gasteiger partial charge in [-0.3, -0.25) is 9.59 Å². The quantitative estimate of drug-likeness (QED) is 0.565. The van der Waals surface area contributed by atoms with Gasteiger partial charge in [-0.25, -0.2) is 4.79 Å². The van der Waals surface area contributed by atoms with Crippen molar-refractivity contribution in [2.75, 3.05) is 13.7 Å². The third-order valence-electron chi connectivity index (χ3n) is 4.46. The number of carboxylic acid groups (broad SMARTS) is 1. The number of carbonyl (C=O) groups excluding carboxylic acids is 2. The van der Waals surface area contributed by atoms with Crippen LogP contribution in [0.4, 0.5) is 13.2 Å². The first-order chi connectivity index (χ1) is 14.0. The third kappa shape index (κ3) is 5.51. The van der Waals surface area contributed by atoms with E-state index < -0.39 is 12.1 Å². The monoisotopic (exact) mass is 493 g/mol. The number of hydrogen-bond donors (Lipinski definition) is 3. The highest BCUT2D eigenvalue weighted by atomic mass is 79.9. The zero-order valence-electron chi connectivity index (χ0n) is 15.9. The van der Waals surface area contributed by atoms with Gasteiger partial charge in [0, 0.05) is 35.0 Å². The van der Waals surface area contributed by atoms with E-state index in [0.717, 1.165) is 15.4 Å². The number of amides is 1. The summed E-state index contributed by atoms with van der Waals surface area (Å²) >= 11 is 3.51. The molecule has 1 saturated heterocycles. The van der Waals surface area contributed by atoms with E-state index in [2.05, 4.69) is 26.6 Å². The van der Waals surface area contributed by atoms with Crippen molar-refractivity contribution in [2.24, 2.45) is 7.05 Å². The molecular formula is C18H19BrF3N3O5. The minimum atomic E-state index is -5.08. The molecule has 1 aromatic carbocycles. The zero-order chi connectivity index (χ0) is 22.6. The first kappa shape index (κ1) is 23.7. The number of nitrogens with zero attached hydrogens (tertiary/aromatic N) is 1. The zero-order valence-corrected chi connectivity index (χ0v) is 17.5. The number of ether oxygens (including phenoxy) is 1. The van der Waals surface area contributed by atoms with E-state index in [1.54, 1.807) is 0 Å². The van der Waals surface area contributed by atoms with E-state index in [-0.39, 0.29) is 24.0 Å². The number of aryl methyl sites for hydroxylation is 1. The molecule has 1 aromatic heterocycles. The Morgan fingerprint density at radius 2 is 1.97 bits per heavy atom. The van der Waals surface area contributed by atoms with Gasteiger partial charge in [0.05, 0.1) is 7.11 Å². The van der Waals surface area contributed by atoms with Crippen molar-refractivity contribution < 1.29 is 37.4 Å². The highest BCUT2D eigenvalue weighted by Crippen LogP contribution is 2.26. The molecule has 3 N–H and O–H groups in total. The lowest BCUT2D eigenvalue weighted by molar-refractivity contribution is -0.192. The van der Waals surface area contributed by atoms with Crippen molar-refractivity contribution in [2.45, 2.75) is 24.7 Å². The van der Waals surface area contributed by atoms with Crippen LogP contribution in [0.25, 0.3) is 10.9 Å². The van der Waals surface area contributed by atoms with Gasteiger partial charge in [0.15, 0.2) is 0 Å². The van der Waals surface area contributed by atoms with Crippen LogP contribution >= 0.6 is 15.9 Å².